The number of carbonyl (C=O) groups is 1. The number of carboxylic acid groups (broad SMARTS) is 1. The molecule has 1 heterocycles. The number of tetrazole rings is 1. The number of aromatic nitrogens is 4. The molecule has 0 saturated heterocycles. The van der Waals surface area contributed by atoms with E-state index in [-0.39, 0.29) is 12.4 Å². The minimum absolute atomic E-state index is 0.126. The Hall–Kier alpha value is -2.48. The van der Waals surface area contributed by atoms with Gasteiger partial charge in [-0.3, -0.25) is 0 Å². The van der Waals surface area contributed by atoms with E-state index in [1.54, 1.807) is 0 Å². The quantitative estimate of drug-likeness (QED) is 0.708. The zero-order valence-corrected chi connectivity index (χ0v) is 9.98. The van der Waals surface area contributed by atoms with Crippen molar-refractivity contribution in [2.75, 3.05) is 6.61 Å². The number of hydrogen-bond donors (Lipinski definition) is 3. The summed E-state index contributed by atoms with van der Waals surface area (Å²) in [5.74, 6) is 0.246. The Morgan fingerprint density at radius 2 is 2.21 bits per heavy atom. The predicted octanol–water partition coefficient (Wildman–Crippen LogP) is 0.725. The van der Waals surface area contributed by atoms with E-state index in [1.165, 1.54) is 0 Å². The van der Waals surface area contributed by atoms with Crippen LogP contribution in [0.2, 0.25) is 0 Å². The van der Waals surface area contributed by atoms with Crippen LogP contribution in [0.4, 0.5) is 4.79 Å². The molecule has 0 aliphatic rings. The molecule has 0 fully saturated rings. The molecule has 1 amide bonds. The van der Waals surface area contributed by atoms with Crippen molar-refractivity contribution in [2.24, 2.45) is 0 Å². The smallest absolute Gasteiger partial charge is 0.405 e. The first-order chi connectivity index (χ1) is 9.25. The zero-order valence-electron chi connectivity index (χ0n) is 9.98. The van der Waals surface area contributed by atoms with E-state index in [4.69, 9.17) is 9.84 Å². The molecule has 8 nitrogen and oxygen atoms in total. The van der Waals surface area contributed by atoms with Gasteiger partial charge < -0.3 is 15.2 Å². The average Bonchev–Trinajstić information content (AvgIpc) is 2.92. The molecule has 1 aromatic heterocycles. The van der Waals surface area contributed by atoms with E-state index in [0.717, 1.165) is 5.56 Å². The van der Waals surface area contributed by atoms with Gasteiger partial charge in [-0.15, -0.1) is 10.2 Å². The Kier molecular flexibility index (Phi) is 4.40. The van der Waals surface area contributed by atoms with Crippen LogP contribution in [0.5, 0.6) is 0 Å². The van der Waals surface area contributed by atoms with E-state index >= 15 is 0 Å². The van der Waals surface area contributed by atoms with E-state index in [9.17, 15) is 4.79 Å². The van der Waals surface area contributed by atoms with Crippen molar-refractivity contribution in [3.63, 3.8) is 0 Å². The molecule has 0 unspecified atom stereocenters. The lowest BCUT2D eigenvalue weighted by Gasteiger charge is -2.13. The van der Waals surface area contributed by atoms with Gasteiger partial charge >= 0.3 is 6.09 Å². The summed E-state index contributed by atoms with van der Waals surface area (Å²) < 4.78 is 5.46. The largest absolute Gasteiger partial charge is 0.465 e. The highest BCUT2D eigenvalue weighted by Gasteiger charge is 2.18. The summed E-state index contributed by atoms with van der Waals surface area (Å²) >= 11 is 0. The van der Waals surface area contributed by atoms with Gasteiger partial charge in [0.1, 0.15) is 6.04 Å². The Labute approximate surface area is 108 Å². The van der Waals surface area contributed by atoms with Gasteiger partial charge in [-0.25, -0.2) is 4.79 Å². The first kappa shape index (κ1) is 13.0. The summed E-state index contributed by atoms with van der Waals surface area (Å²) in [4.78, 5) is 10.7. The van der Waals surface area contributed by atoms with Crippen LogP contribution < -0.4 is 5.32 Å². The third-order valence-corrected chi connectivity index (χ3v) is 2.37. The fourth-order valence-corrected chi connectivity index (χ4v) is 1.52. The molecule has 1 aromatic carbocycles. The SMILES string of the molecule is O=C(O)N[C@@H](COCc1ccccc1)c1nn[nH]n1. The van der Waals surface area contributed by atoms with E-state index in [0.29, 0.717) is 6.61 Å². The van der Waals surface area contributed by atoms with Crippen molar-refractivity contribution in [1.29, 1.82) is 0 Å². The molecule has 0 radical (unpaired) electrons. The molecular formula is C11H13N5O3. The second kappa shape index (κ2) is 6.45. The van der Waals surface area contributed by atoms with Crippen LogP contribution in [0.1, 0.15) is 17.4 Å². The van der Waals surface area contributed by atoms with Gasteiger partial charge in [-0.2, -0.15) is 5.21 Å². The Morgan fingerprint density at radius 1 is 1.42 bits per heavy atom. The molecule has 100 valence electrons. The number of H-pyrrole nitrogens is 1. The maximum absolute atomic E-state index is 10.7. The monoisotopic (exact) mass is 263 g/mol. The van der Waals surface area contributed by atoms with E-state index < -0.39 is 12.1 Å². The molecule has 8 heteroatoms. The van der Waals surface area contributed by atoms with E-state index in [2.05, 4.69) is 25.9 Å². The maximum Gasteiger partial charge on any atom is 0.405 e. The summed E-state index contributed by atoms with van der Waals surface area (Å²) in [5, 5.41) is 24.2. The molecule has 0 aliphatic carbocycles. The van der Waals surface area contributed by atoms with Crippen LogP contribution in [-0.2, 0) is 11.3 Å². The number of aromatic amines is 1. The molecular weight excluding hydrogens is 250 g/mol. The Balaban J connectivity index is 1.88. The maximum atomic E-state index is 10.7. The Bertz CT molecular complexity index is 502. The highest BCUT2D eigenvalue weighted by molar-refractivity contribution is 5.64. The number of amides is 1. The Morgan fingerprint density at radius 3 is 2.84 bits per heavy atom. The summed E-state index contributed by atoms with van der Waals surface area (Å²) in [5.41, 5.74) is 1.00. The van der Waals surface area contributed by atoms with Crippen molar-refractivity contribution in [1.82, 2.24) is 25.9 Å². The lowest BCUT2D eigenvalue weighted by atomic mass is 10.2. The number of hydrogen-bond acceptors (Lipinski definition) is 5. The summed E-state index contributed by atoms with van der Waals surface area (Å²) in [6.45, 7) is 0.511. The number of nitrogens with one attached hydrogen (secondary N) is 2. The topological polar surface area (TPSA) is 113 Å². The van der Waals surface area contributed by atoms with Gasteiger partial charge in [0.2, 0.25) is 0 Å². The molecule has 0 saturated carbocycles. The van der Waals surface area contributed by atoms with Crippen molar-refractivity contribution < 1.29 is 14.6 Å². The average molecular weight is 263 g/mol. The van der Waals surface area contributed by atoms with Gasteiger partial charge in [0.25, 0.3) is 0 Å². The standard InChI is InChI=1S/C11H13N5O3/c17-11(18)12-9(10-13-15-16-14-10)7-19-6-8-4-2-1-3-5-8/h1-5,9,12H,6-7H2,(H,17,18)(H,13,14,15,16)/t9-/m0/s1. The molecule has 0 aliphatic heterocycles. The minimum Gasteiger partial charge on any atom is -0.465 e. The predicted molar refractivity (Wildman–Crippen MR) is 64.2 cm³/mol. The zero-order chi connectivity index (χ0) is 13.5. The molecule has 2 aromatic rings. The van der Waals surface area contributed by atoms with Crippen molar-refractivity contribution in [2.45, 2.75) is 12.6 Å². The van der Waals surface area contributed by atoms with Crippen LogP contribution in [0.15, 0.2) is 30.3 Å². The van der Waals surface area contributed by atoms with Crippen molar-refractivity contribution in [3.05, 3.63) is 41.7 Å². The molecule has 0 spiro atoms. The van der Waals surface area contributed by atoms with Crippen LogP contribution >= 0.6 is 0 Å². The van der Waals surface area contributed by atoms with Gasteiger partial charge in [0.15, 0.2) is 5.82 Å². The normalized spacial score (nSPS) is 12.0. The molecule has 19 heavy (non-hydrogen) atoms. The van der Waals surface area contributed by atoms with Gasteiger partial charge in [-0.05, 0) is 5.56 Å². The van der Waals surface area contributed by atoms with Gasteiger partial charge in [0, 0.05) is 0 Å². The summed E-state index contributed by atoms with van der Waals surface area (Å²) in [6.07, 6.45) is -1.17. The number of ether oxygens (including phenoxy) is 1. The van der Waals surface area contributed by atoms with Crippen molar-refractivity contribution >= 4 is 6.09 Å². The lowest BCUT2D eigenvalue weighted by Crippen LogP contribution is -2.31. The molecule has 1 atom stereocenters. The number of rotatable bonds is 6. The summed E-state index contributed by atoms with van der Waals surface area (Å²) in [6, 6.07) is 8.93. The van der Waals surface area contributed by atoms with E-state index in [1.807, 2.05) is 30.3 Å². The molecule has 2 rings (SSSR count). The molecule has 0 bridgehead atoms. The second-order valence-corrected chi connectivity index (χ2v) is 3.77. The van der Waals surface area contributed by atoms with Crippen LogP contribution in [0.25, 0.3) is 0 Å². The van der Waals surface area contributed by atoms with Crippen LogP contribution in [0, 0.1) is 0 Å². The molecule has 3 N–H and O–H groups in total. The first-order valence-electron chi connectivity index (χ1n) is 5.60. The third-order valence-electron chi connectivity index (χ3n) is 2.37. The van der Waals surface area contributed by atoms with Crippen LogP contribution in [0.3, 0.4) is 0 Å². The first-order valence-corrected chi connectivity index (χ1v) is 5.60. The summed E-state index contributed by atoms with van der Waals surface area (Å²) in [7, 11) is 0. The van der Waals surface area contributed by atoms with Crippen LogP contribution in [-0.4, -0.2) is 38.4 Å². The third kappa shape index (κ3) is 4.03. The van der Waals surface area contributed by atoms with Crippen molar-refractivity contribution in [3.8, 4) is 0 Å². The number of nitrogens with zero attached hydrogens (tertiary/aromatic N) is 3. The highest BCUT2D eigenvalue weighted by atomic mass is 16.5. The second-order valence-electron chi connectivity index (χ2n) is 3.77. The van der Waals surface area contributed by atoms with Gasteiger partial charge in [0.05, 0.1) is 13.2 Å². The lowest BCUT2D eigenvalue weighted by molar-refractivity contribution is 0.0943. The fraction of sp³-hybridized carbons (Fsp3) is 0.273. The fourth-order valence-electron chi connectivity index (χ4n) is 1.52. The number of benzene rings is 1. The minimum atomic E-state index is -1.17. The van der Waals surface area contributed by atoms with Gasteiger partial charge in [-0.1, -0.05) is 35.5 Å². The highest BCUT2D eigenvalue weighted by Crippen LogP contribution is 2.08.